The molecule has 0 bridgehead atoms. The standard InChI is InChI=1S/C22H21FN2O5S/c23-14-4-2-6-17-13(14)9-11(31-17)10-30-16-5-1-3-12-19(16)22(29)25(21(12)28)15-7-8-18(26)24-20(15)27/h1-6,9,12,15,18-20,24,26-27H,7-8,10H2. The summed E-state index contributed by atoms with van der Waals surface area (Å²) < 4.78 is 20.7. The van der Waals surface area contributed by atoms with E-state index >= 15 is 0 Å². The van der Waals surface area contributed by atoms with Crippen LogP contribution in [0.2, 0.25) is 0 Å². The quantitative estimate of drug-likeness (QED) is 0.624. The highest BCUT2D eigenvalue weighted by atomic mass is 32.1. The number of allylic oxidation sites excluding steroid dienone is 2. The number of rotatable bonds is 4. The monoisotopic (exact) mass is 444 g/mol. The molecule has 2 fully saturated rings. The number of carbonyl (C=O) groups excluding carboxylic acids is 2. The number of fused-ring (bicyclic) bond motifs is 2. The Labute approximate surface area is 181 Å². The van der Waals surface area contributed by atoms with E-state index in [1.807, 2.05) is 6.07 Å². The molecule has 0 spiro atoms. The van der Waals surface area contributed by atoms with Crippen LogP contribution in [-0.2, 0) is 20.9 Å². The number of benzene rings is 1. The van der Waals surface area contributed by atoms with Gasteiger partial charge in [0.15, 0.2) is 0 Å². The van der Waals surface area contributed by atoms with E-state index in [1.54, 1.807) is 30.4 Å². The molecule has 9 heteroatoms. The first kappa shape index (κ1) is 20.3. The Hall–Kier alpha value is -2.59. The van der Waals surface area contributed by atoms with Crippen molar-refractivity contribution in [3.8, 4) is 0 Å². The summed E-state index contributed by atoms with van der Waals surface area (Å²) in [7, 11) is 0. The normalized spacial score (nSPS) is 30.6. The van der Waals surface area contributed by atoms with Crippen LogP contribution in [0.4, 0.5) is 4.39 Å². The van der Waals surface area contributed by atoms with Crippen molar-refractivity contribution in [3.05, 3.63) is 58.9 Å². The van der Waals surface area contributed by atoms with Crippen LogP contribution in [-0.4, -0.2) is 45.4 Å². The highest BCUT2D eigenvalue weighted by Crippen LogP contribution is 2.39. The van der Waals surface area contributed by atoms with E-state index in [0.717, 1.165) is 14.5 Å². The second-order valence-corrected chi connectivity index (χ2v) is 9.10. The smallest absolute Gasteiger partial charge is 0.241 e. The predicted octanol–water partition coefficient (Wildman–Crippen LogP) is 2.00. The molecule has 1 aliphatic carbocycles. The zero-order valence-electron chi connectivity index (χ0n) is 16.4. The van der Waals surface area contributed by atoms with Crippen molar-refractivity contribution in [3.63, 3.8) is 0 Å². The van der Waals surface area contributed by atoms with Crippen molar-refractivity contribution >= 4 is 33.2 Å². The molecule has 1 aromatic carbocycles. The number of nitrogens with one attached hydrogen (secondary N) is 1. The van der Waals surface area contributed by atoms with Crippen LogP contribution in [0.1, 0.15) is 17.7 Å². The first-order valence-corrected chi connectivity index (χ1v) is 10.9. The molecule has 2 aromatic rings. The SMILES string of the molecule is O=C1C2C=CC=C(OCc3cc4c(F)cccc4s3)C2C(=O)N1C1CCC(O)NC1O. The maximum atomic E-state index is 14.0. The molecule has 5 rings (SSSR count). The van der Waals surface area contributed by atoms with Gasteiger partial charge in [0.1, 0.15) is 36.6 Å². The Morgan fingerprint density at radius 1 is 1.23 bits per heavy atom. The van der Waals surface area contributed by atoms with Crippen LogP contribution in [0, 0.1) is 17.7 Å². The van der Waals surface area contributed by atoms with Crippen LogP contribution in [0.15, 0.2) is 48.3 Å². The van der Waals surface area contributed by atoms with Crippen molar-refractivity contribution in [1.82, 2.24) is 10.2 Å². The fourth-order valence-corrected chi connectivity index (χ4v) is 5.49. The molecular formula is C22H21FN2O5S. The Morgan fingerprint density at radius 2 is 2.06 bits per heavy atom. The summed E-state index contributed by atoms with van der Waals surface area (Å²) in [5.74, 6) is -2.20. The minimum Gasteiger partial charge on any atom is -0.492 e. The highest BCUT2D eigenvalue weighted by molar-refractivity contribution is 7.19. The van der Waals surface area contributed by atoms with Crippen molar-refractivity contribution in [2.75, 3.05) is 0 Å². The second kappa shape index (κ2) is 7.83. The third-order valence-corrected chi connectivity index (χ3v) is 7.08. The van der Waals surface area contributed by atoms with Crippen molar-refractivity contribution in [2.45, 2.75) is 37.9 Å². The molecule has 3 heterocycles. The van der Waals surface area contributed by atoms with Gasteiger partial charge in [-0.1, -0.05) is 18.2 Å². The number of hydrogen-bond donors (Lipinski definition) is 3. The van der Waals surface area contributed by atoms with Gasteiger partial charge in [-0.15, -0.1) is 11.3 Å². The maximum absolute atomic E-state index is 14.0. The van der Waals surface area contributed by atoms with Gasteiger partial charge >= 0.3 is 0 Å². The molecule has 162 valence electrons. The van der Waals surface area contributed by atoms with E-state index in [-0.39, 0.29) is 18.3 Å². The minimum atomic E-state index is -1.19. The Balaban J connectivity index is 1.34. The number of halogens is 1. The molecule has 1 aromatic heterocycles. The number of nitrogens with zero attached hydrogens (tertiary/aromatic N) is 1. The van der Waals surface area contributed by atoms with E-state index in [1.165, 1.54) is 17.4 Å². The molecule has 2 aliphatic heterocycles. The lowest BCUT2D eigenvalue weighted by molar-refractivity contribution is -0.149. The number of carbonyl (C=O) groups is 2. The minimum absolute atomic E-state index is 0.156. The Bertz CT molecular complexity index is 1110. The summed E-state index contributed by atoms with van der Waals surface area (Å²) in [4.78, 5) is 28.1. The number of piperidine rings is 1. The van der Waals surface area contributed by atoms with Crippen LogP contribution >= 0.6 is 11.3 Å². The third kappa shape index (κ3) is 3.47. The van der Waals surface area contributed by atoms with Gasteiger partial charge in [-0.3, -0.25) is 19.8 Å². The maximum Gasteiger partial charge on any atom is 0.241 e. The van der Waals surface area contributed by atoms with E-state index in [2.05, 4.69) is 5.32 Å². The topological polar surface area (TPSA) is 99.1 Å². The number of hydrogen-bond acceptors (Lipinski definition) is 7. The summed E-state index contributed by atoms with van der Waals surface area (Å²) in [6, 6.07) is 5.89. The van der Waals surface area contributed by atoms with Crippen molar-refractivity contribution in [1.29, 1.82) is 0 Å². The largest absolute Gasteiger partial charge is 0.492 e. The van der Waals surface area contributed by atoms with E-state index < -0.39 is 36.2 Å². The predicted molar refractivity (Wildman–Crippen MR) is 111 cm³/mol. The molecule has 2 amide bonds. The van der Waals surface area contributed by atoms with E-state index in [4.69, 9.17) is 4.74 Å². The first-order chi connectivity index (χ1) is 14.9. The molecule has 3 N–H and O–H groups in total. The van der Waals surface area contributed by atoms with Gasteiger partial charge < -0.3 is 14.9 Å². The molecule has 0 saturated carbocycles. The second-order valence-electron chi connectivity index (χ2n) is 7.93. The summed E-state index contributed by atoms with van der Waals surface area (Å²) in [6.07, 6.45) is 3.60. The van der Waals surface area contributed by atoms with Gasteiger partial charge in [0.2, 0.25) is 11.8 Å². The summed E-state index contributed by atoms with van der Waals surface area (Å²) in [5, 5.41) is 23.0. The molecule has 3 aliphatic rings. The number of amides is 2. The highest BCUT2D eigenvalue weighted by Gasteiger charge is 2.53. The van der Waals surface area contributed by atoms with E-state index in [0.29, 0.717) is 24.0 Å². The molecule has 5 unspecified atom stereocenters. The average Bonchev–Trinajstić information content (AvgIpc) is 3.28. The summed E-state index contributed by atoms with van der Waals surface area (Å²) >= 11 is 1.41. The van der Waals surface area contributed by atoms with Gasteiger partial charge in [-0.2, -0.15) is 0 Å². The Kier molecular flexibility index (Phi) is 5.13. The van der Waals surface area contributed by atoms with Gasteiger partial charge in [0.05, 0.1) is 12.0 Å². The van der Waals surface area contributed by atoms with E-state index in [9.17, 15) is 24.2 Å². The lowest BCUT2D eigenvalue weighted by Gasteiger charge is -2.36. The molecule has 0 radical (unpaired) electrons. The summed E-state index contributed by atoms with van der Waals surface area (Å²) in [6.45, 7) is 0.156. The van der Waals surface area contributed by atoms with Crippen LogP contribution in [0.25, 0.3) is 10.1 Å². The zero-order chi connectivity index (χ0) is 21.7. The van der Waals surface area contributed by atoms with Crippen LogP contribution in [0.5, 0.6) is 0 Å². The molecule has 7 nitrogen and oxygen atoms in total. The average molecular weight is 444 g/mol. The number of aliphatic hydroxyl groups is 2. The van der Waals surface area contributed by atoms with Crippen molar-refractivity contribution < 1.29 is 28.9 Å². The number of aliphatic hydroxyl groups excluding tert-OH is 2. The lowest BCUT2D eigenvalue weighted by atomic mass is 9.89. The van der Waals surface area contributed by atoms with Gasteiger partial charge in [-0.05, 0) is 37.1 Å². The molecular weight excluding hydrogens is 423 g/mol. The van der Waals surface area contributed by atoms with Gasteiger partial charge in [0, 0.05) is 15.0 Å². The number of imide groups is 1. The van der Waals surface area contributed by atoms with Gasteiger partial charge in [-0.25, -0.2) is 4.39 Å². The molecule has 5 atom stereocenters. The zero-order valence-corrected chi connectivity index (χ0v) is 17.2. The summed E-state index contributed by atoms with van der Waals surface area (Å²) in [5.41, 5.74) is 0. The number of ether oxygens (including phenoxy) is 1. The fourth-order valence-electron chi connectivity index (χ4n) is 4.50. The first-order valence-electron chi connectivity index (χ1n) is 10.1. The molecule has 2 saturated heterocycles. The number of thiophene rings is 1. The fraction of sp³-hybridized carbons (Fsp3) is 0.364. The Morgan fingerprint density at radius 3 is 2.84 bits per heavy atom. The van der Waals surface area contributed by atoms with Gasteiger partial charge in [0.25, 0.3) is 0 Å². The van der Waals surface area contributed by atoms with Crippen LogP contribution < -0.4 is 5.32 Å². The lowest BCUT2D eigenvalue weighted by Crippen LogP contribution is -2.58. The van der Waals surface area contributed by atoms with Crippen molar-refractivity contribution in [2.24, 2.45) is 11.8 Å². The van der Waals surface area contributed by atoms with Crippen LogP contribution in [0.3, 0.4) is 0 Å². The third-order valence-electron chi connectivity index (χ3n) is 6.01. The molecule has 31 heavy (non-hydrogen) atoms. The number of likely N-dealkylation sites (tertiary alicyclic amines) is 1.